The molecule has 2 atom stereocenters. The van der Waals surface area contributed by atoms with E-state index in [9.17, 15) is 17.6 Å². The van der Waals surface area contributed by atoms with Crippen molar-refractivity contribution in [3.05, 3.63) is 455 Å². The van der Waals surface area contributed by atoms with E-state index in [1.165, 1.54) is 74.5 Å². The third kappa shape index (κ3) is 17.4. The van der Waals surface area contributed by atoms with Gasteiger partial charge in [-0.15, -0.1) is 0 Å². The molecular weight excluding hydrogens is 1710 g/mol. The molecule has 1 saturated heterocycles. The molecule has 0 amide bonds. The van der Waals surface area contributed by atoms with E-state index in [1.54, 1.807) is 27.7 Å². The lowest BCUT2D eigenvalue weighted by atomic mass is 9.77. The minimum atomic E-state index is -4.06. The van der Waals surface area contributed by atoms with Gasteiger partial charge in [-0.05, 0) is 379 Å². The lowest BCUT2D eigenvalue weighted by molar-refractivity contribution is -0.369. The van der Waals surface area contributed by atoms with Crippen LogP contribution in [0.4, 0.5) is 94.6 Å². The molecule has 2 bridgehead atoms. The van der Waals surface area contributed by atoms with Gasteiger partial charge in [-0.25, -0.2) is 13.5 Å². The maximum absolute atomic E-state index is 15.4. The Labute approximate surface area is 803 Å². The zero-order valence-electron chi connectivity index (χ0n) is 79.0. The third-order valence-electron chi connectivity index (χ3n) is 28.8. The number of benzene rings is 16. The molecule has 0 N–H and O–H groups in total. The minimum Gasteiger partial charge on any atom is -0.360 e. The summed E-state index contributed by atoms with van der Waals surface area (Å²) >= 11 is 0. The number of aryl methyl sites for hydroxylation is 4. The molecule has 7 nitrogen and oxygen atoms in total. The predicted molar refractivity (Wildman–Crippen MR) is 551 cm³/mol. The average molecular weight is 1820 g/mol. The third-order valence-corrected chi connectivity index (χ3v) is 28.8. The van der Waals surface area contributed by atoms with Crippen LogP contribution in [0.2, 0.25) is 0 Å². The second-order valence-corrected chi connectivity index (χ2v) is 38.9. The van der Waals surface area contributed by atoms with Crippen molar-refractivity contribution in [2.75, 3.05) is 19.6 Å². The lowest BCUT2D eigenvalue weighted by Crippen LogP contribution is -2.46. The summed E-state index contributed by atoms with van der Waals surface area (Å²) in [4.78, 5) is 8.92. The van der Waals surface area contributed by atoms with Gasteiger partial charge in [0.2, 0.25) is 0 Å². The Morgan fingerprint density at radius 1 is 0.219 bits per heavy atom. The highest BCUT2D eigenvalue weighted by Crippen LogP contribution is 2.63. The summed E-state index contributed by atoms with van der Waals surface area (Å²) < 4.78 is 104. The van der Waals surface area contributed by atoms with E-state index in [0.29, 0.717) is 11.1 Å². The zero-order valence-corrected chi connectivity index (χ0v) is 79.0. The highest BCUT2D eigenvalue weighted by molar-refractivity contribution is 5.87. The minimum absolute atomic E-state index is 0. The fourth-order valence-corrected chi connectivity index (χ4v) is 21.6. The van der Waals surface area contributed by atoms with Crippen molar-refractivity contribution in [1.29, 1.82) is 0 Å². The first kappa shape index (κ1) is 93.6. The van der Waals surface area contributed by atoms with Crippen molar-refractivity contribution < 1.29 is 40.6 Å². The van der Waals surface area contributed by atoms with Crippen molar-refractivity contribution in [3.63, 3.8) is 0 Å². The molecule has 1 saturated carbocycles. The maximum Gasteiger partial charge on any atom is 0.388 e. The molecule has 0 radical (unpaired) electrons. The van der Waals surface area contributed by atoms with Crippen molar-refractivity contribution in [2.24, 2.45) is 0 Å². The first-order valence-electron chi connectivity index (χ1n) is 47.1. The van der Waals surface area contributed by atoms with Gasteiger partial charge in [0.25, 0.3) is 5.92 Å². The molecule has 13 heteroatoms. The Balaban J connectivity index is 0.000000121. The molecule has 6 aliphatic rings. The molecule has 1 spiro atoms. The predicted octanol–water partition coefficient (Wildman–Crippen LogP) is 35.8. The SMILES string of the molecule is C.Cc1ccc(N(c2ccccc2)c2ccccc2)cc1-c1ccc2c(c1)C(C)(C)C(F)(F)C2(C)C.Cc1ccc(N(c2ccccc2)c2ccccc2)cc1-c1ccc2c(c1)C(C)(C)OC21CCCC1.Cc1ccc(N(c2ccccc2)c2ccccc2)cc1-c1ccc2c(c1)C(F)(F)OC2(F)F.Cc1ccc(N(c2ccccc2)c2ccccc2)cc1-c1ccc2c(c1)C1(C)CCC2(C)O1. The molecule has 4 heterocycles. The summed E-state index contributed by atoms with van der Waals surface area (Å²) in [6.07, 6.45) is -1.09. The average Bonchev–Trinajstić information content (AvgIpc) is 1.54. The number of alkyl halides is 6. The molecule has 16 aromatic rings. The second kappa shape index (κ2) is 36.7. The number of hydrogen-bond acceptors (Lipinski definition) is 7. The zero-order chi connectivity index (χ0) is 94.9. The summed E-state index contributed by atoms with van der Waals surface area (Å²) in [6, 6.07) is 132. The molecule has 137 heavy (non-hydrogen) atoms. The number of halogens is 6. The monoisotopic (exact) mass is 1820 g/mol. The van der Waals surface area contributed by atoms with Gasteiger partial charge in [-0.3, -0.25) is 0 Å². The Morgan fingerprint density at radius 2 is 0.474 bits per heavy atom. The number of hydrogen-bond donors (Lipinski definition) is 0. The van der Waals surface area contributed by atoms with Gasteiger partial charge >= 0.3 is 12.2 Å². The normalized spacial score (nSPS) is 18.1. The summed E-state index contributed by atoms with van der Waals surface area (Å²) in [5, 5.41) is 0. The van der Waals surface area contributed by atoms with Gasteiger partial charge in [0.1, 0.15) is 0 Å². The van der Waals surface area contributed by atoms with Crippen LogP contribution in [0.1, 0.15) is 168 Å². The number of fused-ring (bicyclic) bond motifs is 9. The topological polar surface area (TPSA) is 40.7 Å². The fraction of sp³-hybridized carbons (Fsp3) is 0.226. The molecule has 22 rings (SSSR count). The number of ether oxygens (including phenoxy) is 3. The van der Waals surface area contributed by atoms with E-state index in [2.05, 4.69) is 304 Å². The van der Waals surface area contributed by atoms with Crippen LogP contribution in [0.5, 0.6) is 0 Å². The quantitative estimate of drug-likeness (QED) is 0.0893. The van der Waals surface area contributed by atoms with Crippen LogP contribution in [0.15, 0.2) is 388 Å². The van der Waals surface area contributed by atoms with E-state index in [-0.39, 0.29) is 29.8 Å². The summed E-state index contributed by atoms with van der Waals surface area (Å²) in [5.74, 6) is -2.84. The van der Waals surface area contributed by atoms with Crippen LogP contribution in [0.3, 0.4) is 0 Å². The largest absolute Gasteiger partial charge is 0.388 e. The Kier molecular flexibility index (Phi) is 25.1. The Bertz CT molecular complexity index is 6720. The van der Waals surface area contributed by atoms with Gasteiger partial charge in [0, 0.05) is 68.2 Å². The second-order valence-electron chi connectivity index (χ2n) is 38.9. The van der Waals surface area contributed by atoms with Crippen molar-refractivity contribution in [3.8, 4) is 44.5 Å². The maximum atomic E-state index is 15.4. The molecular formula is C124H116F6N4O3. The van der Waals surface area contributed by atoms with Crippen LogP contribution in [-0.4, -0.2) is 5.92 Å². The number of nitrogens with zero attached hydrogens (tertiary/aromatic N) is 4. The lowest BCUT2D eigenvalue weighted by Gasteiger charge is -2.35. The fourth-order valence-electron chi connectivity index (χ4n) is 21.6. The van der Waals surface area contributed by atoms with Gasteiger partial charge in [-0.1, -0.05) is 239 Å². The van der Waals surface area contributed by atoms with E-state index < -0.39 is 40.1 Å². The van der Waals surface area contributed by atoms with E-state index in [1.807, 2.05) is 145 Å². The summed E-state index contributed by atoms with van der Waals surface area (Å²) in [6.45, 7) is 24.0. The number of anilines is 12. The molecule has 4 aliphatic heterocycles. The van der Waals surface area contributed by atoms with Crippen LogP contribution in [0.25, 0.3) is 44.5 Å². The van der Waals surface area contributed by atoms with Gasteiger partial charge in [0.05, 0.1) is 44.4 Å². The van der Waals surface area contributed by atoms with Gasteiger partial charge in [0.15, 0.2) is 0 Å². The standard InChI is InChI=1S/C33H33NO.C32H31F2N.C31H29NO.C27H19F4NO.CH4/c1-24-16-18-28(34(26-12-6-4-7-13-26)27-14-8-5-9-15-27)23-29(24)25-17-19-30-31(22-25)32(2,3)35-33(30)20-10-11-21-33;1-22-16-18-26(35(24-12-8-6-9-13-24)25-14-10-7-11-15-25)21-27(22)23-17-19-28-29(20-23)31(4,5)32(33,34)30(28,2)3;1-22-14-16-26(32(24-10-6-4-7-11-24)25-12-8-5-9-13-25)21-27(22)23-15-17-28-29(20-23)31(3)19-18-30(28,2)33-31;1-18-12-14-22(32(20-8-4-2-5-9-20)21-10-6-3-7-11-21)17-23(18)19-13-15-24-25(16-19)27(30,31)33-26(24,28)29;/h4-9,12-19,22-23H,10-11,20-21H2,1-3H3;6-21H,1-5H3;4-17,20-21H,18-19H2,1-3H3;2-17H,1H3;1H4. The number of rotatable bonds is 16. The number of para-hydroxylation sites is 8. The van der Waals surface area contributed by atoms with Crippen LogP contribution >= 0.6 is 0 Å². The Hall–Kier alpha value is -13.8. The summed E-state index contributed by atoms with van der Waals surface area (Å²) in [7, 11) is 0. The molecule has 0 aromatic heterocycles. The molecule has 16 aromatic carbocycles. The van der Waals surface area contributed by atoms with Crippen molar-refractivity contribution in [2.45, 2.75) is 180 Å². The van der Waals surface area contributed by atoms with E-state index >= 15 is 8.78 Å². The van der Waals surface area contributed by atoms with Gasteiger partial charge in [-0.2, -0.15) is 17.6 Å². The highest BCUT2D eigenvalue weighted by Gasteiger charge is 2.65. The van der Waals surface area contributed by atoms with Gasteiger partial charge < -0.3 is 29.1 Å². The van der Waals surface area contributed by atoms with E-state index in [4.69, 9.17) is 9.47 Å². The smallest absolute Gasteiger partial charge is 0.360 e. The van der Waals surface area contributed by atoms with E-state index in [0.717, 1.165) is 139 Å². The van der Waals surface area contributed by atoms with Crippen LogP contribution in [0, 0.1) is 27.7 Å². The van der Waals surface area contributed by atoms with Crippen LogP contribution in [-0.2, 0) is 59.7 Å². The van der Waals surface area contributed by atoms with Crippen molar-refractivity contribution in [1.82, 2.24) is 0 Å². The first-order valence-corrected chi connectivity index (χ1v) is 47.1. The Morgan fingerprint density at radius 3 is 0.796 bits per heavy atom. The molecule has 2 fully saturated rings. The summed E-state index contributed by atoms with van der Waals surface area (Å²) in [5.41, 5.74) is 27.6. The highest BCUT2D eigenvalue weighted by atomic mass is 19.3. The molecule has 692 valence electrons. The molecule has 2 aliphatic carbocycles. The molecule has 2 unspecified atom stereocenters. The van der Waals surface area contributed by atoms with Crippen molar-refractivity contribution >= 4 is 68.2 Å². The van der Waals surface area contributed by atoms with Crippen LogP contribution < -0.4 is 19.6 Å². The first-order chi connectivity index (χ1) is 65.3.